The molecule has 0 bridgehead atoms. The molecule has 0 aliphatic heterocycles. The summed E-state index contributed by atoms with van der Waals surface area (Å²) in [5.74, 6) is -0.957. The Kier molecular flexibility index (Phi) is 3.17. The van der Waals surface area contributed by atoms with Gasteiger partial charge in [-0.2, -0.15) is 0 Å². The van der Waals surface area contributed by atoms with Gasteiger partial charge in [0, 0.05) is 11.5 Å². The number of nitrogens with zero attached hydrogens (tertiary/aromatic N) is 1. The van der Waals surface area contributed by atoms with Crippen LogP contribution < -0.4 is 0 Å². The highest BCUT2D eigenvalue weighted by molar-refractivity contribution is 7.20. The van der Waals surface area contributed by atoms with Crippen molar-refractivity contribution in [1.29, 1.82) is 0 Å². The molecule has 2 rings (SSSR count). The van der Waals surface area contributed by atoms with Crippen LogP contribution in [0, 0.1) is 6.92 Å². The Morgan fingerprint density at radius 2 is 2.31 bits per heavy atom. The summed E-state index contributed by atoms with van der Waals surface area (Å²) in [4.78, 5) is 15.9. The quantitative estimate of drug-likeness (QED) is 0.852. The Hall–Kier alpha value is -1.46. The highest BCUT2D eigenvalue weighted by Gasteiger charge is 2.07. The van der Waals surface area contributed by atoms with Gasteiger partial charge in [0.05, 0.1) is 10.6 Å². The summed E-state index contributed by atoms with van der Waals surface area (Å²) in [6.07, 6.45) is 2.60. The van der Waals surface area contributed by atoms with Crippen LogP contribution in [0.4, 0.5) is 0 Å². The summed E-state index contributed by atoms with van der Waals surface area (Å²) in [5.41, 5.74) is 1.89. The first-order valence-electron chi connectivity index (χ1n) is 4.58. The number of rotatable bonds is 3. The molecule has 0 saturated carbocycles. The van der Waals surface area contributed by atoms with Gasteiger partial charge in [-0.05, 0) is 30.0 Å². The number of thiophene rings is 1. The van der Waals surface area contributed by atoms with Crippen LogP contribution in [0.5, 0.6) is 0 Å². The van der Waals surface area contributed by atoms with Gasteiger partial charge in [-0.15, -0.1) is 22.7 Å². The van der Waals surface area contributed by atoms with Crippen LogP contribution in [-0.2, 0) is 4.79 Å². The van der Waals surface area contributed by atoms with E-state index in [2.05, 4.69) is 4.98 Å². The number of aryl methyl sites for hydroxylation is 1. The molecule has 2 aromatic heterocycles. The number of carboxylic acids is 1. The molecule has 0 aliphatic carbocycles. The molecule has 0 aromatic carbocycles. The standard InChI is InChI=1S/C11H9NO2S2/c1-7-4-5-15-10(7)11-12-8(6-16-11)2-3-9(13)14/h2-6H,1H3,(H,13,14)/b3-2+. The maximum Gasteiger partial charge on any atom is 0.328 e. The summed E-state index contributed by atoms with van der Waals surface area (Å²) in [5, 5.41) is 13.3. The van der Waals surface area contributed by atoms with Crippen LogP contribution in [0.15, 0.2) is 22.9 Å². The van der Waals surface area contributed by atoms with E-state index in [4.69, 9.17) is 5.11 Å². The van der Waals surface area contributed by atoms with E-state index >= 15 is 0 Å². The van der Waals surface area contributed by atoms with Crippen molar-refractivity contribution in [2.45, 2.75) is 6.92 Å². The second-order valence-corrected chi connectivity index (χ2v) is 4.96. The predicted octanol–water partition coefficient (Wildman–Crippen LogP) is 3.28. The summed E-state index contributed by atoms with van der Waals surface area (Å²) >= 11 is 3.18. The van der Waals surface area contributed by atoms with Gasteiger partial charge in [-0.25, -0.2) is 9.78 Å². The first-order valence-corrected chi connectivity index (χ1v) is 6.34. The van der Waals surface area contributed by atoms with Crippen molar-refractivity contribution in [1.82, 2.24) is 4.98 Å². The molecule has 2 heterocycles. The molecule has 1 N–H and O–H groups in total. The van der Waals surface area contributed by atoms with Crippen molar-refractivity contribution in [3.8, 4) is 9.88 Å². The van der Waals surface area contributed by atoms with E-state index < -0.39 is 5.97 Å². The minimum Gasteiger partial charge on any atom is -0.478 e. The molecule has 82 valence electrons. The van der Waals surface area contributed by atoms with Crippen molar-refractivity contribution in [2.24, 2.45) is 0 Å². The Morgan fingerprint density at radius 3 is 2.94 bits per heavy atom. The lowest BCUT2D eigenvalue weighted by Crippen LogP contribution is -1.85. The molecule has 0 spiro atoms. The number of hydrogen-bond donors (Lipinski definition) is 1. The van der Waals surface area contributed by atoms with Crippen molar-refractivity contribution in [2.75, 3.05) is 0 Å². The number of aliphatic carboxylic acids is 1. The molecule has 2 aromatic rings. The molecule has 0 atom stereocenters. The maximum atomic E-state index is 10.4. The summed E-state index contributed by atoms with van der Waals surface area (Å²) in [7, 11) is 0. The van der Waals surface area contributed by atoms with Crippen LogP contribution in [0.2, 0.25) is 0 Å². The molecule has 0 saturated heterocycles. The van der Waals surface area contributed by atoms with Gasteiger partial charge in [0.15, 0.2) is 0 Å². The zero-order valence-electron chi connectivity index (χ0n) is 8.51. The van der Waals surface area contributed by atoms with Gasteiger partial charge in [0.25, 0.3) is 0 Å². The first kappa shape index (κ1) is 11.0. The zero-order valence-corrected chi connectivity index (χ0v) is 10.1. The minimum absolute atomic E-state index is 0.690. The SMILES string of the molecule is Cc1ccsc1-c1nc(/C=C/C(=O)O)cs1. The fourth-order valence-electron chi connectivity index (χ4n) is 1.22. The lowest BCUT2D eigenvalue weighted by atomic mass is 10.3. The number of hydrogen-bond acceptors (Lipinski definition) is 4. The predicted molar refractivity (Wildman–Crippen MR) is 66.8 cm³/mol. The third-order valence-corrected chi connectivity index (χ3v) is 4.01. The van der Waals surface area contributed by atoms with Crippen LogP contribution >= 0.6 is 22.7 Å². The smallest absolute Gasteiger partial charge is 0.328 e. The number of thiazole rings is 1. The third kappa shape index (κ3) is 2.37. The minimum atomic E-state index is -0.957. The van der Waals surface area contributed by atoms with Crippen molar-refractivity contribution < 1.29 is 9.90 Å². The highest BCUT2D eigenvalue weighted by atomic mass is 32.1. The monoisotopic (exact) mass is 251 g/mol. The Bertz CT molecular complexity index is 540. The van der Waals surface area contributed by atoms with Crippen LogP contribution in [-0.4, -0.2) is 16.1 Å². The van der Waals surface area contributed by atoms with E-state index in [-0.39, 0.29) is 0 Å². The number of aromatic nitrogens is 1. The Morgan fingerprint density at radius 1 is 1.50 bits per heavy atom. The topological polar surface area (TPSA) is 50.2 Å². The molecule has 0 unspecified atom stereocenters. The molecule has 16 heavy (non-hydrogen) atoms. The van der Waals surface area contributed by atoms with Gasteiger partial charge in [-0.1, -0.05) is 0 Å². The first-order chi connectivity index (χ1) is 7.66. The third-order valence-electron chi connectivity index (χ3n) is 1.97. The normalized spacial score (nSPS) is 11.1. The lowest BCUT2D eigenvalue weighted by molar-refractivity contribution is -0.131. The van der Waals surface area contributed by atoms with Crippen molar-refractivity contribution in [3.63, 3.8) is 0 Å². The Labute approximate surface area is 101 Å². The zero-order chi connectivity index (χ0) is 11.5. The van der Waals surface area contributed by atoms with Crippen LogP contribution in [0.3, 0.4) is 0 Å². The van der Waals surface area contributed by atoms with E-state index in [9.17, 15) is 4.79 Å². The van der Waals surface area contributed by atoms with Gasteiger partial charge < -0.3 is 5.11 Å². The van der Waals surface area contributed by atoms with E-state index in [1.807, 2.05) is 23.8 Å². The van der Waals surface area contributed by atoms with Gasteiger partial charge in [0.1, 0.15) is 5.01 Å². The molecular formula is C11H9NO2S2. The average molecular weight is 251 g/mol. The van der Waals surface area contributed by atoms with E-state index in [0.29, 0.717) is 5.69 Å². The summed E-state index contributed by atoms with van der Waals surface area (Å²) in [6, 6.07) is 2.05. The molecule has 0 amide bonds. The van der Waals surface area contributed by atoms with Crippen molar-refractivity contribution in [3.05, 3.63) is 34.2 Å². The highest BCUT2D eigenvalue weighted by Crippen LogP contribution is 2.31. The Balaban J connectivity index is 2.27. The molecular weight excluding hydrogens is 242 g/mol. The molecule has 0 aliphatic rings. The molecule has 0 radical (unpaired) electrons. The number of carboxylic acid groups (broad SMARTS) is 1. The van der Waals surface area contributed by atoms with Gasteiger partial charge in [-0.3, -0.25) is 0 Å². The molecule has 5 heteroatoms. The second-order valence-electron chi connectivity index (χ2n) is 3.18. The summed E-state index contributed by atoms with van der Waals surface area (Å²) < 4.78 is 0. The van der Waals surface area contributed by atoms with Gasteiger partial charge in [0.2, 0.25) is 0 Å². The van der Waals surface area contributed by atoms with E-state index in [1.165, 1.54) is 23.0 Å². The van der Waals surface area contributed by atoms with E-state index in [1.54, 1.807) is 11.3 Å². The fourth-order valence-corrected chi connectivity index (χ4v) is 3.10. The fraction of sp³-hybridized carbons (Fsp3) is 0.0909. The molecule has 3 nitrogen and oxygen atoms in total. The van der Waals surface area contributed by atoms with E-state index in [0.717, 1.165) is 16.0 Å². The largest absolute Gasteiger partial charge is 0.478 e. The average Bonchev–Trinajstić information content (AvgIpc) is 2.83. The number of carbonyl (C=O) groups is 1. The lowest BCUT2D eigenvalue weighted by Gasteiger charge is -1.91. The van der Waals surface area contributed by atoms with Crippen molar-refractivity contribution >= 4 is 34.7 Å². The maximum absolute atomic E-state index is 10.4. The van der Waals surface area contributed by atoms with Crippen LogP contribution in [0.1, 0.15) is 11.3 Å². The summed E-state index contributed by atoms with van der Waals surface area (Å²) in [6.45, 7) is 2.04. The van der Waals surface area contributed by atoms with Crippen LogP contribution in [0.25, 0.3) is 16.0 Å². The second kappa shape index (κ2) is 4.59. The van der Waals surface area contributed by atoms with Gasteiger partial charge >= 0.3 is 5.97 Å². The molecule has 0 fully saturated rings.